The molecule has 0 saturated heterocycles. The maximum atomic E-state index is 12.0. The van der Waals surface area contributed by atoms with Crippen molar-refractivity contribution in [2.45, 2.75) is 19.4 Å². The Morgan fingerprint density at radius 3 is 2.90 bits per heavy atom. The Hall–Kier alpha value is -0.720. The molecule has 0 aliphatic carbocycles. The van der Waals surface area contributed by atoms with Gasteiger partial charge in [0.15, 0.2) is 0 Å². The van der Waals surface area contributed by atoms with Gasteiger partial charge in [0.1, 0.15) is 12.4 Å². The van der Waals surface area contributed by atoms with Crippen LogP contribution in [0.25, 0.3) is 11.0 Å². The largest absolute Gasteiger partial charge is 0.374 e. The lowest BCUT2D eigenvalue weighted by Crippen LogP contribution is -2.13. The molecule has 0 fully saturated rings. The molecule has 0 amide bonds. The van der Waals surface area contributed by atoms with Gasteiger partial charge in [-0.25, -0.2) is 13.8 Å². The van der Waals surface area contributed by atoms with Crippen LogP contribution in [-0.4, -0.2) is 35.1 Å². The van der Waals surface area contributed by atoms with Crippen molar-refractivity contribution < 1.29 is 13.5 Å². The molecule has 0 radical (unpaired) electrons. The average molecular weight is 368 g/mol. The Morgan fingerprint density at radius 2 is 2.20 bits per heavy atom. The van der Waals surface area contributed by atoms with Gasteiger partial charge < -0.3 is 9.30 Å². The van der Waals surface area contributed by atoms with Crippen molar-refractivity contribution in [1.82, 2.24) is 9.55 Å². The third-order valence-electron chi connectivity index (χ3n) is 2.81. The Bertz CT molecular complexity index is 577. The van der Waals surface area contributed by atoms with E-state index in [1.165, 1.54) is 0 Å². The van der Waals surface area contributed by atoms with Crippen LogP contribution < -0.4 is 0 Å². The van der Waals surface area contributed by atoms with Gasteiger partial charge in [0.25, 0.3) is 6.43 Å². The van der Waals surface area contributed by atoms with Gasteiger partial charge >= 0.3 is 0 Å². The summed E-state index contributed by atoms with van der Waals surface area (Å²) < 4.78 is 31.9. The van der Waals surface area contributed by atoms with Crippen molar-refractivity contribution in [2.75, 3.05) is 19.1 Å². The Kier molecular flexibility index (Phi) is 5.74. The van der Waals surface area contributed by atoms with E-state index < -0.39 is 13.0 Å². The fraction of sp³-hybridized carbons (Fsp3) is 0.462. The maximum Gasteiger partial charge on any atom is 0.261 e. The number of hydrogen-bond donors (Lipinski definition) is 0. The summed E-state index contributed by atoms with van der Waals surface area (Å²) in [5.41, 5.74) is 1.81. The number of imidazole rings is 1. The van der Waals surface area contributed by atoms with Crippen LogP contribution in [0.4, 0.5) is 8.78 Å². The number of halogens is 4. The summed E-state index contributed by atoms with van der Waals surface area (Å²) in [6, 6.07) is 5.78. The standard InChI is InChI=1S/C13H14BrClF2N2O/c14-9-1-2-10-11(7-9)19(13(18-10)3-4-15)5-6-20-8-12(16)17/h1-2,7,12H,3-6,8H2. The zero-order valence-corrected chi connectivity index (χ0v) is 13.0. The molecule has 0 atom stereocenters. The normalized spacial score (nSPS) is 11.7. The van der Waals surface area contributed by atoms with E-state index in [0.717, 1.165) is 21.3 Å². The molecular formula is C13H14BrClF2N2O. The number of aromatic nitrogens is 2. The molecule has 1 aromatic carbocycles. The van der Waals surface area contributed by atoms with Crippen LogP contribution in [0.15, 0.2) is 22.7 Å². The second-order valence-electron chi connectivity index (χ2n) is 4.22. The highest BCUT2D eigenvalue weighted by molar-refractivity contribution is 9.10. The molecular weight excluding hydrogens is 354 g/mol. The predicted molar refractivity (Wildman–Crippen MR) is 78.7 cm³/mol. The summed E-state index contributed by atoms with van der Waals surface area (Å²) in [6.07, 6.45) is -1.81. The molecule has 2 rings (SSSR count). The summed E-state index contributed by atoms with van der Waals surface area (Å²) in [4.78, 5) is 4.51. The van der Waals surface area contributed by atoms with E-state index >= 15 is 0 Å². The highest BCUT2D eigenvalue weighted by Gasteiger charge is 2.11. The average Bonchev–Trinajstić information content (AvgIpc) is 2.72. The summed E-state index contributed by atoms with van der Waals surface area (Å²) in [7, 11) is 0. The highest BCUT2D eigenvalue weighted by atomic mass is 79.9. The third-order valence-corrected chi connectivity index (χ3v) is 3.49. The molecule has 0 bridgehead atoms. The van der Waals surface area contributed by atoms with Crippen LogP contribution in [0.1, 0.15) is 5.82 Å². The number of benzene rings is 1. The minimum atomic E-state index is -2.44. The summed E-state index contributed by atoms with van der Waals surface area (Å²) in [5.74, 6) is 1.30. The van der Waals surface area contributed by atoms with Crippen molar-refractivity contribution in [1.29, 1.82) is 0 Å². The minimum Gasteiger partial charge on any atom is -0.374 e. The third kappa shape index (κ3) is 3.90. The second-order valence-corrected chi connectivity index (χ2v) is 5.51. The summed E-state index contributed by atoms with van der Waals surface area (Å²) in [5, 5.41) is 0. The molecule has 20 heavy (non-hydrogen) atoms. The molecule has 2 aromatic rings. The first-order valence-corrected chi connectivity index (χ1v) is 7.51. The Balaban J connectivity index is 2.19. The van der Waals surface area contributed by atoms with Crippen LogP contribution in [0.3, 0.4) is 0 Å². The first kappa shape index (κ1) is 15.7. The topological polar surface area (TPSA) is 27.1 Å². The predicted octanol–water partition coefficient (Wildman–Crippen LogP) is 3.86. The SMILES string of the molecule is FC(F)COCCn1c(CCCl)nc2ccc(Br)cc21. The fourth-order valence-corrected chi connectivity index (χ4v) is 2.52. The molecule has 0 aliphatic heterocycles. The van der Waals surface area contributed by atoms with E-state index in [9.17, 15) is 8.78 Å². The van der Waals surface area contributed by atoms with Crippen molar-refractivity contribution in [3.8, 4) is 0 Å². The highest BCUT2D eigenvalue weighted by Crippen LogP contribution is 2.21. The van der Waals surface area contributed by atoms with Crippen molar-refractivity contribution in [3.05, 3.63) is 28.5 Å². The molecule has 0 aliphatic rings. The zero-order chi connectivity index (χ0) is 14.5. The van der Waals surface area contributed by atoms with Crippen LogP contribution in [0.5, 0.6) is 0 Å². The lowest BCUT2D eigenvalue weighted by Gasteiger charge is -2.09. The van der Waals surface area contributed by atoms with Gasteiger partial charge in [0, 0.05) is 23.3 Å². The van der Waals surface area contributed by atoms with E-state index in [2.05, 4.69) is 20.9 Å². The van der Waals surface area contributed by atoms with Gasteiger partial charge in [-0.05, 0) is 18.2 Å². The first-order chi connectivity index (χ1) is 9.61. The Morgan fingerprint density at radius 1 is 1.40 bits per heavy atom. The van der Waals surface area contributed by atoms with E-state index in [4.69, 9.17) is 16.3 Å². The van der Waals surface area contributed by atoms with E-state index in [-0.39, 0.29) is 6.61 Å². The van der Waals surface area contributed by atoms with Gasteiger partial charge in [-0.3, -0.25) is 0 Å². The molecule has 1 aromatic heterocycles. The second kappa shape index (κ2) is 7.33. The molecule has 1 heterocycles. The fourth-order valence-electron chi connectivity index (χ4n) is 2.00. The number of rotatable bonds is 7. The summed E-state index contributed by atoms with van der Waals surface area (Å²) >= 11 is 9.19. The lowest BCUT2D eigenvalue weighted by atomic mass is 10.3. The lowest BCUT2D eigenvalue weighted by molar-refractivity contribution is 0.0148. The molecule has 0 N–H and O–H groups in total. The Labute approximate surface area is 129 Å². The molecule has 0 unspecified atom stereocenters. The van der Waals surface area contributed by atoms with Crippen LogP contribution in [-0.2, 0) is 17.7 Å². The van der Waals surface area contributed by atoms with Gasteiger partial charge in [0.2, 0.25) is 0 Å². The van der Waals surface area contributed by atoms with Crippen LogP contribution in [0.2, 0.25) is 0 Å². The number of hydrogen-bond acceptors (Lipinski definition) is 2. The zero-order valence-electron chi connectivity index (χ0n) is 10.7. The van der Waals surface area contributed by atoms with Crippen molar-refractivity contribution in [2.24, 2.45) is 0 Å². The van der Waals surface area contributed by atoms with Crippen molar-refractivity contribution in [3.63, 3.8) is 0 Å². The summed E-state index contributed by atoms with van der Waals surface area (Å²) in [6.45, 7) is 0.157. The number of aryl methyl sites for hydroxylation is 1. The molecule has 0 saturated carbocycles. The van der Waals surface area contributed by atoms with E-state index in [1.807, 2.05) is 22.8 Å². The van der Waals surface area contributed by atoms with E-state index in [0.29, 0.717) is 18.8 Å². The molecule has 0 spiro atoms. The van der Waals surface area contributed by atoms with Crippen LogP contribution >= 0.6 is 27.5 Å². The number of alkyl halides is 3. The maximum absolute atomic E-state index is 12.0. The van der Waals surface area contributed by atoms with Gasteiger partial charge in [-0.15, -0.1) is 11.6 Å². The smallest absolute Gasteiger partial charge is 0.261 e. The van der Waals surface area contributed by atoms with Gasteiger partial charge in [-0.2, -0.15) is 0 Å². The van der Waals surface area contributed by atoms with Gasteiger partial charge in [0.05, 0.1) is 17.6 Å². The number of nitrogens with zero attached hydrogens (tertiary/aromatic N) is 2. The van der Waals surface area contributed by atoms with Gasteiger partial charge in [-0.1, -0.05) is 15.9 Å². The van der Waals surface area contributed by atoms with E-state index in [1.54, 1.807) is 0 Å². The quantitative estimate of drug-likeness (QED) is 0.549. The molecule has 3 nitrogen and oxygen atoms in total. The molecule has 7 heteroatoms. The van der Waals surface area contributed by atoms with Crippen molar-refractivity contribution >= 4 is 38.6 Å². The number of ether oxygens (including phenoxy) is 1. The number of fused-ring (bicyclic) bond motifs is 1. The molecule has 110 valence electrons. The monoisotopic (exact) mass is 366 g/mol. The van der Waals surface area contributed by atoms with Crippen LogP contribution in [0, 0.1) is 0 Å². The minimum absolute atomic E-state index is 0.220. The first-order valence-electron chi connectivity index (χ1n) is 6.18.